The number of amides is 1. The van der Waals surface area contributed by atoms with E-state index in [1.54, 1.807) is 4.90 Å². The predicted molar refractivity (Wildman–Crippen MR) is 103 cm³/mol. The quantitative estimate of drug-likeness (QED) is 0.696. The Morgan fingerprint density at radius 1 is 1.21 bits per heavy atom. The van der Waals surface area contributed by atoms with E-state index >= 15 is 0 Å². The van der Waals surface area contributed by atoms with Gasteiger partial charge in [-0.2, -0.15) is 0 Å². The second-order valence-electron chi connectivity index (χ2n) is 7.24. The molecule has 2 heterocycles. The van der Waals surface area contributed by atoms with Crippen molar-refractivity contribution in [1.82, 2.24) is 14.8 Å². The fourth-order valence-electron chi connectivity index (χ4n) is 3.43. The number of carbonyl (C=O) groups excluding carboxylic acids is 1. The first-order valence-corrected chi connectivity index (χ1v) is 10.00. The average molecular weight is 385 g/mol. The van der Waals surface area contributed by atoms with Gasteiger partial charge in [0.05, 0.1) is 26.4 Å². The molecule has 0 unspecified atom stereocenters. The summed E-state index contributed by atoms with van der Waals surface area (Å²) >= 11 is 0. The number of nitrogens with zero attached hydrogens (tertiary/aromatic N) is 3. The van der Waals surface area contributed by atoms with Gasteiger partial charge in [0.25, 0.3) is 5.91 Å². The van der Waals surface area contributed by atoms with Crippen LogP contribution in [0.1, 0.15) is 41.7 Å². The molecule has 28 heavy (non-hydrogen) atoms. The number of rotatable bonds is 8. The molecule has 0 radical (unpaired) electrons. The fraction of sp³-hybridized carbons (Fsp3) is 0.524. The van der Waals surface area contributed by atoms with Crippen LogP contribution < -0.4 is 4.74 Å². The molecule has 2 fully saturated rings. The van der Waals surface area contributed by atoms with Crippen LogP contribution in [0.4, 0.5) is 0 Å². The summed E-state index contributed by atoms with van der Waals surface area (Å²) < 4.78 is 16.4. The van der Waals surface area contributed by atoms with Crippen LogP contribution in [0.2, 0.25) is 0 Å². The highest BCUT2D eigenvalue weighted by Crippen LogP contribution is 2.30. The molecule has 0 bridgehead atoms. The number of carbonyl (C=O) groups is 1. The summed E-state index contributed by atoms with van der Waals surface area (Å²) in [6, 6.07) is 8.77. The molecule has 150 valence electrons. The number of oxazole rings is 1. The van der Waals surface area contributed by atoms with E-state index in [0.717, 1.165) is 12.3 Å². The molecular formula is C21H27N3O4. The van der Waals surface area contributed by atoms with Crippen LogP contribution in [0.3, 0.4) is 0 Å². The third-order valence-corrected chi connectivity index (χ3v) is 5.09. The highest BCUT2D eigenvalue weighted by molar-refractivity contribution is 5.92. The normalized spacial score (nSPS) is 17.1. The number of hydrogen-bond donors (Lipinski definition) is 0. The Morgan fingerprint density at radius 3 is 2.64 bits per heavy atom. The highest BCUT2D eigenvalue weighted by Gasteiger charge is 2.30. The summed E-state index contributed by atoms with van der Waals surface area (Å²) in [5.74, 6) is 1.40. The number of hydrogen-bond acceptors (Lipinski definition) is 6. The summed E-state index contributed by atoms with van der Waals surface area (Å²) in [6.07, 6.45) is 3.86. The monoisotopic (exact) mass is 385 g/mol. The molecule has 1 aromatic carbocycles. The number of benzene rings is 1. The second kappa shape index (κ2) is 8.75. The lowest BCUT2D eigenvalue weighted by molar-refractivity contribution is 0.0299. The second-order valence-corrected chi connectivity index (χ2v) is 7.24. The van der Waals surface area contributed by atoms with E-state index in [1.807, 2.05) is 19.1 Å². The Kier molecular flexibility index (Phi) is 5.92. The molecule has 1 saturated carbocycles. The van der Waals surface area contributed by atoms with Crippen LogP contribution in [-0.4, -0.2) is 59.6 Å². The zero-order valence-electron chi connectivity index (χ0n) is 16.3. The van der Waals surface area contributed by atoms with Crippen molar-refractivity contribution in [3.8, 4) is 5.75 Å². The van der Waals surface area contributed by atoms with Crippen LogP contribution in [0.25, 0.3) is 0 Å². The van der Waals surface area contributed by atoms with E-state index < -0.39 is 0 Å². The van der Waals surface area contributed by atoms with Crippen molar-refractivity contribution >= 4 is 5.91 Å². The van der Waals surface area contributed by atoms with E-state index in [4.69, 9.17) is 13.9 Å². The van der Waals surface area contributed by atoms with Crippen molar-refractivity contribution in [2.75, 3.05) is 32.9 Å². The molecule has 7 nitrogen and oxygen atoms in total. The molecule has 1 aromatic heterocycles. The lowest BCUT2D eigenvalue weighted by Gasteiger charge is -2.25. The van der Waals surface area contributed by atoms with Crippen molar-refractivity contribution in [3.63, 3.8) is 0 Å². The van der Waals surface area contributed by atoms with Crippen LogP contribution in [0.15, 0.2) is 34.9 Å². The Labute approximate surface area is 165 Å². The molecule has 0 N–H and O–H groups in total. The van der Waals surface area contributed by atoms with Gasteiger partial charge in [-0.15, -0.1) is 0 Å². The molecule has 1 saturated heterocycles. The summed E-state index contributed by atoms with van der Waals surface area (Å²) in [4.78, 5) is 21.1. The summed E-state index contributed by atoms with van der Waals surface area (Å²) in [6.45, 7) is 6.45. The van der Waals surface area contributed by atoms with Gasteiger partial charge >= 0.3 is 0 Å². The van der Waals surface area contributed by atoms with Crippen molar-refractivity contribution in [2.45, 2.75) is 38.9 Å². The van der Waals surface area contributed by atoms with E-state index in [1.165, 1.54) is 24.7 Å². The molecule has 0 atom stereocenters. The molecule has 2 aliphatic rings. The predicted octanol–water partition coefficient (Wildman–Crippen LogP) is 2.71. The molecule has 7 heteroatoms. The molecule has 1 aliphatic carbocycles. The zero-order valence-corrected chi connectivity index (χ0v) is 16.3. The Hall–Kier alpha value is -2.38. The van der Waals surface area contributed by atoms with Gasteiger partial charge in [-0.05, 0) is 37.5 Å². The SMILES string of the molecule is CCOc1ccc(CN(Cc2nc(C(=O)N3CCOCC3)co2)C2CC2)cc1. The maximum atomic E-state index is 12.5. The first-order valence-electron chi connectivity index (χ1n) is 10.00. The smallest absolute Gasteiger partial charge is 0.275 e. The fourth-order valence-corrected chi connectivity index (χ4v) is 3.43. The number of ether oxygens (including phenoxy) is 2. The standard InChI is InChI=1S/C21H27N3O4/c1-2-27-18-7-3-16(4-8-18)13-24(17-5-6-17)14-20-22-19(15-28-20)21(25)23-9-11-26-12-10-23/h3-4,7-8,15,17H,2,5-6,9-14H2,1H3. The van der Waals surface area contributed by atoms with Crippen LogP contribution >= 0.6 is 0 Å². The molecular weight excluding hydrogens is 358 g/mol. The van der Waals surface area contributed by atoms with Gasteiger partial charge in [0.2, 0.25) is 5.89 Å². The van der Waals surface area contributed by atoms with E-state index in [0.29, 0.717) is 57.1 Å². The molecule has 2 aromatic rings. The van der Waals surface area contributed by atoms with Gasteiger partial charge < -0.3 is 18.8 Å². The lowest BCUT2D eigenvalue weighted by atomic mass is 10.2. The Bertz CT molecular complexity index is 779. The minimum Gasteiger partial charge on any atom is -0.494 e. The van der Waals surface area contributed by atoms with Gasteiger partial charge in [0.15, 0.2) is 5.69 Å². The summed E-state index contributed by atoms with van der Waals surface area (Å²) in [5, 5.41) is 0. The lowest BCUT2D eigenvalue weighted by Crippen LogP contribution is -2.40. The van der Waals surface area contributed by atoms with Gasteiger partial charge in [-0.1, -0.05) is 12.1 Å². The number of aromatic nitrogens is 1. The third kappa shape index (κ3) is 4.72. The van der Waals surface area contributed by atoms with Crippen molar-refractivity contribution in [1.29, 1.82) is 0 Å². The van der Waals surface area contributed by atoms with Crippen molar-refractivity contribution in [3.05, 3.63) is 47.7 Å². The minimum absolute atomic E-state index is 0.0808. The van der Waals surface area contributed by atoms with Crippen LogP contribution in [0, 0.1) is 0 Å². The van der Waals surface area contributed by atoms with Crippen molar-refractivity contribution in [2.24, 2.45) is 0 Å². The Morgan fingerprint density at radius 2 is 1.96 bits per heavy atom. The maximum absolute atomic E-state index is 12.5. The van der Waals surface area contributed by atoms with Gasteiger partial charge in [0, 0.05) is 25.7 Å². The van der Waals surface area contributed by atoms with Crippen molar-refractivity contribution < 1.29 is 18.7 Å². The topological polar surface area (TPSA) is 68.0 Å². The van der Waals surface area contributed by atoms with Crippen LogP contribution in [0.5, 0.6) is 5.75 Å². The largest absolute Gasteiger partial charge is 0.494 e. The highest BCUT2D eigenvalue weighted by atomic mass is 16.5. The van der Waals surface area contributed by atoms with Crippen LogP contribution in [-0.2, 0) is 17.8 Å². The number of morpholine rings is 1. The molecule has 0 spiro atoms. The van der Waals surface area contributed by atoms with Gasteiger partial charge in [-0.3, -0.25) is 9.69 Å². The molecule has 1 aliphatic heterocycles. The van der Waals surface area contributed by atoms with E-state index in [2.05, 4.69) is 22.0 Å². The molecule has 4 rings (SSSR count). The first kappa shape index (κ1) is 19.0. The minimum atomic E-state index is -0.0808. The first-order chi connectivity index (χ1) is 13.7. The molecule has 1 amide bonds. The zero-order chi connectivity index (χ0) is 19.3. The average Bonchev–Trinajstić information content (AvgIpc) is 3.48. The summed E-state index contributed by atoms with van der Waals surface area (Å²) in [5.41, 5.74) is 1.61. The maximum Gasteiger partial charge on any atom is 0.275 e. The summed E-state index contributed by atoms with van der Waals surface area (Å²) in [7, 11) is 0. The third-order valence-electron chi connectivity index (χ3n) is 5.09. The van der Waals surface area contributed by atoms with Gasteiger partial charge in [0.1, 0.15) is 12.0 Å². The van der Waals surface area contributed by atoms with Gasteiger partial charge in [-0.25, -0.2) is 4.98 Å². The van der Waals surface area contributed by atoms with E-state index in [9.17, 15) is 4.79 Å². The Balaban J connectivity index is 1.38. The van der Waals surface area contributed by atoms with E-state index in [-0.39, 0.29) is 5.91 Å².